The molecular weight excluding hydrogens is 186 g/mol. The maximum atomic E-state index is 9.20. The number of hydrogen-bond acceptors (Lipinski definition) is 1. The second-order valence-electron chi connectivity index (χ2n) is 3.02. The van der Waals surface area contributed by atoms with Gasteiger partial charge in [0.15, 0.2) is 5.88 Å². The Morgan fingerprint density at radius 2 is 2.15 bits per heavy atom. The van der Waals surface area contributed by atoms with Gasteiger partial charge in [0.05, 0.1) is 0 Å². The maximum absolute atomic E-state index is 9.20. The number of benzene rings is 1. The molecule has 0 aliphatic rings. The summed E-state index contributed by atoms with van der Waals surface area (Å²) in [4.78, 5) is 2.85. The molecule has 2 rings (SSSR count). The molecule has 2 nitrogen and oxygen atoms in total. The second-order valence-corrected chi connectivity index (χ2v) is 3.39. The Morgan fingerprint density at radius 3 is 2.92 bits per heavy atom. The normalized spacial score (nSPS) is 10.8. The Morgan fingerprint density at radius 1 is 1.31 bits per heavy atom. The number of aromatic amines is 1. The molecule has 1 heterocycles. The average molecular weight is 196 g/mol. The molecule has 0 saturated heterocycles. The predicted octanol–water partition coefficient (Wildman–Crippen LogP) is 2.65. The van der Waals surface area contributed by atoms with E-state index >= 15 is 0 Å². The van der Waals surface area contributed by atoms with Gasteiger partial charge in [-0.3, -0.25) is 0 Å². The summed E-state index contributed by atoms with van der Waals surface area (Å²) in [5.41, 5.74) is 2.15. The number of nitrogens with one attached hydrogen (secondary N) is 1. The molecule has 0 aliphatic heterocycles. The van der Waals surface area contributed by atoms with Crippen molar-refractivity contribution in [1.29, 1.82) is 0 Å². The van der Waals surface area contributed by atoms with E-state index in [0.717, 1.165) is 17.3 Å². The van der Waals surface area contributed by atoms with Crippen molar-refractivity contribution in [2.45, 2.75) is 6.42 Å². The van der Waals surface area contributed by atoms with Crippen LogP contribution in [0.2, 0.25) is 0 Å². The van der Waals surface area contributed by atoms with Crippen LogP contribution in [0.15, 0.2) is 24.3 Å². The van der Waals surface area contributed by atoms with E-state index in [9.17, 15) is 5.11 Å². The number of H-pyrrole nitrogens is 1. The molecule has 0 bridgehead atoms. The maximum Gasteiger partial charge on any atom is 0.189 e. The van der Waals surface area contributed by atoms with Gasteiger partial charge in [0.25, 0.3) is 0 Å². The molecule has 0 spiro atoms. The highest BCUT2D eigenvalue weighted by atomic mass is 35.5. The SMILES string of the molecule is Oc1cc2cc(CCCl)ccc2[nH]1. The molecule has 0 radical (unpaired) electrons. The van der Waals surface area contributed by atoms with Crippen LogP contribution in [0.5, 0.6) is 5.88 Å². The molecule has 0 fully saturated rings. The zero-order valence-corrected chi connectivity index (χ0v) is 7.80. The highest BCUT2D eigenvalue weighted by molar-refractivity contribution is 6.18. The summed E-state index contributed by atoms with van der Waals surface area (Å²) >= 11 is 5.64. The molecule has 1 aromatic carbocycles. The number of hydrogen-bond donors (Lipinski definition) is 2. The van der Waals surface area contributed by atoms with E-state index in [4.69, 9.17) is 11.6 Å². The number of halogens is 1. The van der Waals surface area contributed by atoms with Gasteiger partial charge in [-0.1, -0.05) is 6.07 Å². The Kier molecular flexibility index (Phi) is 2.15. The largest absolute Gasteiger partial charge is 0.495 e. The number of aromatic nitrogens is 1. The fraction of sp³-hybridized carbons (Fsp3) is 0.200. The first-order chi connectivity index (χ1) is 6.29. The van der Waals surface area contributed by atoms with Crippen molar-refractivity contribution in [3.8, 4) is 5.88 Å². The Balaban J connectivity index is 2.48. The van der Waals surface area contributed by atoms with E-state index in [2.05, 4.69) is 4.98 Å². The van der Waals surface area contributed by atoms with Crippen molar-refractivity contribution < 1.29 is 5.11 Å². The number of rotatable bonds is 2. The van der Waals surface area contributed by atoms with Crippen molar-refractivity contribution in [2.24, 2.45) is 0 Å². The molecule has 0 atom stereocenters. The lowest BCUT2D eigenvalue weighted by atomic mass is 10.1. The molecular formula is C10H10ClNO. The monoisotopic (exact) mass is 195 g/mol. The van der Waals surface area contributed by atoms with Crippen LogP contribution < -0.4 is 0 Å². The zero-order chi connectivity index (χ0) is 9.26. The second kappa shape index (κ2) is 3.30. The van der Waals surface area contributed by atoms with E-state index in [1.54, 1.807) is 6.07 Å². The lowest BCUT2D eigenvalue weighted by Gasteiger charge is -1.96. The predicted molar refractivity (Wildman–Crippen MR) is 54.4 cm³/mol. The van der Waals surface area contributed by atoms with Crippen molar-refractivity contribution in [3.05, 3.63) is 29.8 Å². The smallest absolute Gasteiger partial charge is 0.189 e. The van der Waals surface area contributed by atoms with Crippen LogP contribution in [0, 0.1) is 0 Å². The van der Waals surface area contributed by atoms with Crippen LogP contribution in [-0.4, -0.2) is 16.0 Å². The first kappa shape index (κ1) is 8.45. The van der Waals surface area contributed by atoms with Gasteiger partial charge in [-0.05, 0) is 24.1 Å². The van der Waals surface area contributed by atoms with Gasteiger partial charge in [0, 0.05) is 22.8 Å². The minimum atomic E-state index is 0.207. The van der Waals surface area contributed by atoms with Crippen LogP contribution in [0.4, 0.5) is 0 Å². The molecule has 0 aliphatic carbocycles. The summed E-state index contributed by atoms with van der Waals surface area (Å²) in [6.07, 6.45) is 0.865. The number of aryl methyl sites for hydroxylation is 1. The van der Waals surface area contributed by atoms with Gasteiger partial charge in [-0.15, -0.1) is 11.6 Å². The minimum Gasteiger partial charge on any atom is -0.495 e. The first-order valence-corrected chi connectivity index (χ1v) is 4.69. The molecule has 13 heavy (non-hydrogen) atoms. The van der Waals surface area contributed by atoms with Gasteiger partial charge in [0.1, 0.15) is 0 Å². The summed E-state index contributed by atoms with van der Waals surface area (Å²) in [6.45, 7) is 0. The van der Waals surface area contributed by atoms with E-state index in [1.165, 1.54) is 5.56 Å². The molecule has 68 valence electrons. The summed E-state index contributed by atoms with van der Waals surface area (Å²) in [5, 5.41) is 10.2. The highest BCUT2D eigenvalue weighted by Gasteiger charge is 1.99. The molecule has 2 N–H and O–H groups in total. The van der Waals surface area contributed by atoms with Crippen LogP contribution in [0.3, 0.4) is 0 Å². The fourth-order valence-corrected chi connectivity index (χ4v) is 1.65. The number of fused-ring (bicyclic) bond motifs is 1. The van der Waals surface area contributed by atoms with E-state index < -0.39 is 0 Å². The zero-order valence-electron chi connectivity index (χ0n) is 7.05. The van der Waals surface area contributed by atoms with E-state index in [-0.39, 0.29) is 5.88 Å². The summed E-state index contributed by atoms with van der Waals surface area (Å²) in [7, 11) is 0. The fourth-order valence-electron chi connectivity index (χ4n) is 1.43. The highest BCUT2D eigenvalue weighted by Crippen LogP contribution is 2.20. The minimum absolute atomic E-state index is 0.207. The molecule has 0 amide bonds. The third-order valence-electron chi connectivity index (χ3n) is 2.05. The quantitative estimate of drug-likeness (QED) is 0.711. The van der Waals surface area contributed by atoms with Crippen LogP contribution in [0.25, 0.3) is 10.9 Å². The standard InChI is InChI=1S/C10H10ClNO/c11-4-3-7-1-2-9-8(5-7)6-10(13)12-9/h1-2,5-6,12-13H,3-4H2. The average Bonchev–Trinajstić information content (AvgIpc) is 2.44. The Labute approximate surface area is 81.1 Å². The van der Waals surface area contributed by atoms with E-state index in [1.807, 2.05) is 18.2 Å². The third-order valence-corrected chi connectivity index (χ3v) is 2.24. The van der Waals surface area contributed by atoms with Gasteiger partial charge < -0.3 is 10.1 Å². The van der Waals surface area contributed by atoms with Crippen LogP contribution in [-0.2, 0) is 6.42 Å². The van der Waals surface area contributed by atoms with Crippen molar-refractivity contribution in [3.63, 3.8) is 0 Å². The van der Waals surface area contributed by atoms with Gasteiger partial charge in [0.2, 0.25) is 0 Å². The molecule has 3 heteroatoms. The van der Waals surface area contributed by atoms with Crippen molar-refractivity contribution in [1.82, 2.24) is 4.98 Å². The number of aromatic hydroxyl groups is 1. The summed E-state index contributed by atoms with van der Waals surface area (Å²) < 4.78 is 0. The van der Waals surface area contributed by atoms with Crippen molar-refractivity contribution >= 4 is 22.5 Å². The lowest BCUT2D eigenvalue weighted by Crippen LogP contribution is -1.84. The molecule has 0 unspecified atom stereocenters. The van der Waals surface area contributed by atoms with Gasteiger partial charge in [-0.25, -0.2) is 0 Å². The number of alkyl halides is 1. The molecule has 0 saturated carbocycles. The Hall–Kier alpha value is -1.15. The molecule has 2 aromatic rings. The van der Waals surface area contributed by atoms with Gasteiger partial charge >= 0.3 is 0 Å². The van der Waals surface area contributed by atoms with Crippen LogP contribution in [0.1, 0.15) is 5.56 Å². The third kappa shape index (κ3) is 1.63. The summed E-state index contributed by atoms with van der Waals surface area (Å²) in [6, 6.07) is 7.72. The van der Waals surface area contributed by atoms with Crippen molar-refractivity contribution in [2.75, 3.05) is 5.88 Å². The Bertz CT molecular complexity index is 422. The topological polar surface area (TPSA) is 36.0 Å². The summed E-state index contributed by atoms with van der Waals surface area (Å²) in [5.74, 6) is 0.833. The van der Waals surface area contributed by atoms with Gasteiger partial charge in [-0.2, -0.15) is 0 Å². The molecule has 1 aromatic heterocycles. The van der Waals surface area contributed by atoms with Crippen LogP contribution >= 0.6 is 11.6 Å². The van der Waals surface area contributed by atoms with E-state index in [0.29, 0.717) is 5.88 Å². The lowest BCUT2D eigenvalue weighted by molar-refractivity contribution is 0.458. The first-order valence-electron chi connectivity index (χ1n) is 4.16.